The first kappa shape index (κ1) is 16.1. The monoisotopic (exact) mass is 261 g/mol. The van der Waals surface area contributed by atoms with Crippen LogP contribution in [0.25, 0.3) is 0 Å². The molecule has 0 aromatic heterocycles. The van der Waals surface area contributed by atoms with E-state index in [2.05, 4.69) is 41.5 Å². The van der Waals surface area contributed by atoms with Crippen LogP contribution in [0.3, 0.4) is 0 Å². The van der Waals surface area contributed by atoms with Gasteiger partial charge in [0.1, 0.15) is 0 Å². The average molecular weight is 261 g/mol. The van der Waals surface area contributed by atoms with E-state index in [1.54, 1.807) is 6.07 Å². The second-order valence-corrected chi connectivity index (χ2v) is 7.61. The summed E-state index contributed by atoms with van der Waals surface area (Å²) in [7, 11) is 0. The molecule has 0 saturated carbocycles. The predicted molar refractivity (Wildman–Crippen MR) is 82.1 cm³/mol. The molecule has 107 valence electrons. The Bertz CT molecular complexity index is 398. The fraction of sp³-hybridized carbons (Fsp3) is 0.667. The van der Waals surface area contributed by atoms with Crippen LogP contribution in [0, 0.1) is 10.8 Å². The molecule has 1 radical (unpaired) electrons. The third-order valence-electron chi connectivity index (χ3n) is 3.80. The minimum Gasteiger partial charge on any atom is -0.290 e. The molecule has 0 aliphatic carbocycles. The first-order valence-electron chi connectivity index (χ1n) is 7.43. The molecule has 0 saturated heterocycles. The third-order valence-corrected chi connectivity index (χ3v) is 3.80. The SMILES string of the molecule is CCCC(c1ccccc1[O])C(C)(C)CC(C)(C)C. The Morgan fingerprint density at radius 3 is 2.11 bits per heavy atom. The molecule has 0 aliphatic rings. The van der Waals surface area contributed by atoms with Crippen LogP contribution in [0.5, 0.6) is 5.75 Å². The Kier molecular flexibility index (Phi) is 5.06. The summed E-state index contributed by atoms with van der Waals surface area (Å²) >= 11 is 0. The molecule has 1 aromatic rings. The molecule has 1 atom stereocenters. The Balaban J connectivity index is 3.10. The van der Waals surface area contributed by atoms with Gasteiger partial charge in [0.25, 0.3) is 0 Å². The molecule has 0 N–H and O–H groups in total. The maximum atomic E-state index is 12.1. The quantitative estimate of drug-likeness (QED) is 0.603. The van der Waals surface area contributed by atoms with Crippen LogP contribution in [0.4, 0.5) is 0 Å². The van der Waals surface area contributed by atoms with Gasteiger partial charge in [-0.1, -0.05) is 66.2 Å². The number of para-hydroxylation sites is 1. The van der Waals surface area contributed by atoms with Crippen LogP contribution < -0.4 is 0 Å². The molecular weight excluding hydrogens is 232 g/mol. The van der Waals surface area contributed by atoms with Crippen LogP contribution in [0.2, 0.25) is 0 Å². The second-order valence-electron chi connectivity index (χ2n) is 7.61. The molecule has 1 rings (SSSR count). The molecule has 1 aromatic carbocycles. The molecule has 0 aliphatic heterocycles. The van der Waals surface area contributed by atoms with Crippen molar-refractivity contribution in [1.29, 1.82) is 0 Å². The fourth-order valence-electron chi connectivity index (χ4n) is 3.51. The Morgan fingerprint density at radius 1 is 1.05 bits per heavy atom. The van der Waals surface area contributed by atoms with Gasteiger partial charge in [0.05, 0.1) is 0 Å². The zero-order valence-corrected chi connectivity index (χ0v) is 13.4. The number of hydrogen-bond donors (Lipinski definition) is 0. The highest BCUT2D eigenvalue weighted by atomic mass is 16.3. The lowest BCUT2D eigenvalue weighted by atomic mass is 9.65. The van der Waals surface area contributed by atoms with E-state index < -0.39 is 0 Å². The van der Waals surface area contributed by atoms with E-state index in [1.807, 2.05) is 18.2 Å². The lowest BCUT2D eigenvalue weighted by molar-refractivity contribution is 0.163. The van der Waals surface area contributed by atoms with Gasteiger partial charge in [-0.2, -0.15) is 0 Å². The molecular formula is C18H29O. The lowest BCUT2D eigenvalue weighted by Gasteiger charge is -2.39. The fourth-order valence-corrected chi connectivity index (χ4v) is 3.51. The van der Waals surface area contributed by atoms with E-state index in [-0.39, 0.29) is 16.6 Å². The number of hydrogen-bond acceptors (Lipinski definition) is 0. The standard InChI is InChI=1S/C18H29O/c1-7-10-15(14-11-8-9-12-16(14)19)18(5,6)13-17(2,3)4/h8-9,11-12,15H,7,10,13H2,1-6H3. The van der Waals surface area contributed by atoms with Gasteiger partial charge in [0.2, 0.25) is 0 Å². The minimum atomic E-state index is 0.148. The van der Waals surface area contributed by atoms with E-state index in [0.717, 1.165) is 24.8 Å². The van der Waals surface area contributed by atoms with Gasteiger partial charge < -0.3 is 0 Å². The Morgan fingerprint density at radius 2 is 1.63 bits per heavy atom. The highest BCUT2D eigenvalue weighted by molar-refractivity contribution is 5.35. The maximum Gasteiger partial charge on any atom is 0.182 e. The summed E-state index contributed by atoms with van der Waals surface area (Å²) in [6.45, 7) is 13.7. The summed E-state index contributed by atoms with van der Waals surface area (Å²) < 4.78 is 0. The zero-order valence-electron chi connectivity index (χ0n) is 13.4. The van der Waals surface area contributed by atoms with E-state index >= 15 is 0 Å². The largest absolute Gasteiger partial charge is 0.290 e. The second kappa shape index (κ2) is 5.98. The zero-order chi connectivity index (χ0) is 14.7. The average Bonchev–Trinajstić information content (AvgIpc) is 2.23. The molecule has 1 unspecified atom stereocenters. The molecule has 19 heavy (non-hydrogen) atoms. The van der Waals surface area contributed by atoms with Crippen molar-refractivity contribution in [1.82, 2.24) is 0 Å². The topological polar surface area (TPSA) is 19.9 Å². The maximum absolute atomic E-state index is 12.1. The molecule has 1 nitrogen and oxygen atoms in total. The number of benzene rings is 1. The highest BCUT2D eigenvalue weighted by Gasteiger charge is 2.35. The van der Waals surface area contributed by atoms with Crippen molar-refractivity contribution in [2.75, 3.05) is 0 Å². The smallest absolute Gasteiger partial charge is 0.182 e. The van der Waals surface area contributed by atoms with E-state index in [1.165, 1.54) is 0 Å². The Hall–Kier alpha value is -0.980. The van der Waals surface area contributed by atoms with Crippen LogP contribution in [0.1, 0.15) is 72.3 Å². The van der Waals surface area contributed by atoms with Gasteiger partial charge in [-0.3, -0.25) is 5.11 Å². The summed E-state index contributed by atoms with van der Waals surface area (Å²) in [4.78, 5) is 0. The summed E-state index contributed by atoms with van der Waals surface area (Å²) in [5.41, 5.74) is 1.43. The molecule has 0 fully saturated rings. The van der Waals surface area contributed by atoms with Crippen LogP contribution in [-0.2, 0) is 5.11 Å². The van der Waals surface area contributed by atoms with Crippen molar-refractivity contribution < 1.29 is 5.11 Å². The van der Waals surface area contributed by atoms with E-state index in [9.17, 15) is 5.11 Å². The first-order chi connectivity index (χ1) is 8.67. The van der Waals surface area contributed by atoms with E-state index in [0.29, 0.717) is 5.92 Å². The van der Waals surface area contributed by atoms with Gasteiger partial charge in [-0.15, -0.1) is 0 Å². The summed E-state index contributed by atoms with van der Waals surface area (Å²) in [5, 5.41) is 12.1. The lowest BCUT2D eigenvalue weighted by Crippen LogP contribution is -2.28. The van der Waals surface area contributed by atoms with Gasteiger partial charge in [-0.05, 0) is 35.7 Å². The van der Waals surface area contributed by atoms with Gasteiger partial charge >= 0.3 is 0 Å². The highest BCUT2D eigenvalue weighted by Crippen LogP contribution is 2.48. The predicted octanol–water partition coefficient (Wildman–Crippen LogP) is 6.18. The van der Waals surface area contributed by atoms with Gasteiger partial charge in [-0.25, -0.2) is 0 Å². The number of rotatable bonds is 5. The molecule has 0 heterocycles. The summed E-state index contributed by atoms with van der Waals surface area (Å²) in [6, 6.07) is 7.55. The first-order valence-corrected chi connectivity index (χ1v) is 7.43. The van der Waals surface area contributed by atoms with Gasteiger partial charge in [0.15, 0.2) is 5.75 Å². The molecule has 1 heteroatoms. The van der Waals surface area contributed by atoms with Crippen LogP contribution >= 0.6 is 0 Å². The van der Waals surface area contributed by atoms with Crippen LogP contribution in [0.15, 0.2) is 24.3 Å². The van der Waals surface area contributed by atoms with Crippen molar-refractivity contribution in [3.05, 3.63) is 29.8 Å². The van der Waals surface area contributed by atoms with Crippen molar-refractivity contribution in [2.24, 2.45) is 10.8 Å². The normalized spacial score (nSPS) is 14.4. The molecule has 0 amide bonds. The van der Waals surface area contributed by atoms with Crippen molar-refractivity contribution in [3.8, 4) is 5.75 Å². The van der Waals surface area contributed by atoms with Crippen molar-refractivity contribution in [2.45, 2.75) is 66.7 Å². The summed E-state index contributed by atoms with van der Waals surface area (Å²) in [6.07, 6.45) is 3.33. The molecule has 0 spiro atoms. The van der Waals surface area contributed by atoms with Crippen LogP contribution in [-0.4, -0.2) is 0 Å². The van der Waals surface area contributed by atoms with Crippen molar-refractivity contribution in [3.63, 3.8) is 0 Å². The Labute approximate surface area is 119 Å². The third kappa shape index (κ3) is 4.56. The molecule has 0 bridgehead atoms. The van der Waals surface area contributed by atoms with Crippen molar-refractivity contribution >= 4 is 0 Å². The van der Waals surface area contributed by atoms with E-state index in [4.69, 9.17) is 0 Å². The van der Waals surface area contributed by atoms with Gasteiger partial charge in [0, 0.05) is 5.56 Å². The summed E-state index contributed by atoms with van der Waals surface area (Å²) in [5.74, 6) is 0.549. The minimum absolute atomic E-state index is 0.148.